The topological polar surface area (TPSA) is 75.4 Å². The van der Waals surface area contributed by atoms with E-state index >= 15 is 0 Å². The highest BCUT2D eigenvalue weighted by Crippen LogP contribution is 2.30. The number of carbonyl (C=O) groups is 2. The minimum absolute atomic E-state index is 0.161. The number of likely N-dealkylation sites (tertiary alicyclic amines) is 1. The fourth-order valence-electron chi connectivity index (χ4n) is 2.13. The van der Waals surface area contributed by atoms with Crippen molar-refractivity contribution in [2.75, 3.05) is 13.1 Å². The van der Waals surface area contributed by atoms with Crippen LogP contribution in [0.2, 0.25) is 0 Å². The lowest BCUT2D eigenvalue weighted by molar-refractivity contribution is -0.147. The van der Waals surface area contributed by atoms with E-state index in [4.69, 9.17) is 5.11 Å². The van der Waals surface area contributed by atoms with Gasteiger partial charge in [0.1, 0.15) is 0 Å². The molecular formula is C13H17N3O3. The third-order valence-corrected chi connectivity index (χ3v) is 3.56. The third kappa shape index (κ3) is 2.67. The highest BCUT2D eigenvalue weighted by atomic mass is 16.4. The molecule has 1 atom stereocenters. The molecule has 1 aliphatic heterocycles. The molecule has 1 N–H and O–H groups in total. The standard InChI is InChI=1S/C13H17N3O3/c1-13(12(18)19)6-8-16(9-13)11(17)4-3-10-5-7-14-15(10)2/h3-5,7H,6,8-9H2,1-2H3,(H,18,19)/b4-3+/t13-/m0/s1. The minimum Gasteiger partial charge on any atom is -0.481 e. The van der Waals surface area contributed by atoms with Crippen molar-refractivity contribution in [2.45, 2.75) is 13.3 Å². The number of hydrogen-bond acceptors (Lipinski definition) is 3. The second-order valence-corrected chi connectivity index (χ2v) is 5.09. The lowest BCUT2D eigenvalue weighted by Crippen LogP contribution is -2.34. The molecule has 2 heterocycles. The molecule has 1 aromatic rings. The Hall–Kier alpha value is -2.11. The van der Waals surface area contributed by atoms with Crippen molar-refractivity contribution in [3.8, 4) is 0 Å². The average Bonchev–Trinajstić information content (AvgIpc) is 2.94. The van der Waals surface area contributed by atoms with Gasteiger partial charge in [-0.05, 0) is 25.5 Å². The minimum atomic E-state index is -0.849. The number of carboxylic acid groups (broad SMARTS) is 1. The Morgan fingerprint density at radius 3 is 2.79 bits per heavy atom. The zero-order chi connectivity index (χ0) is 14.0. The highest BCUT2D eigenvalue weighted by molar-refractivity contribution is 5.92. The first kappa shape index (κ1) is 13.3. The van der Waals surface area contributed by atoms with E-state index in [0.717, 1.165) is 5.69 Å². The predicted octanol–water partition coefficient (Wildman–Crippen LogP) is 0.756. The summed E-state index contributed by atoms with van der Waals surface area (Å²) in [5.41, 5.74) is 0.00397. The maximum atomic E-state index is 12.0. The second kappa shape index (κ2) is 4.87. The molecule has 2 rings (SSSR count). The van der Waals surface area contributed by atoms with Crippen LogP contribution >= 0.6 is 0 Å². The Balaban J connectivity index is 2.01. The summed E-state index contributed by atoms with van der Waals surface area (Å²) >= 11 is 0. The summed E-state index contributed by atoms with van der Waals surface area (Å²) in [4.78, 5) is 24.7. The van der Waals surface area contributed by atoms with Crippen LogP contribution in [0.1, 0.15) is 19.0 Å². The van der Waals surface area contributed by atoms with Crippen LogP contribution in [0.3, 0.4) is 0 Å². The number of aryl methyl sites for hydroxylation is 1. The largest absolute Gasteiger partial charge is 0.481 e. The fourth-order valence-corrected chi connectivity index (χ4v) is 2.13. The quantitative estimate of drug-likeness (QED) is 0.817. The molecule has 0 saturated carbocycles. The summed E-state index contributed by atoms with van der Waals surface area (Å²) in [5.74, 6) is -1.01. The maximum absolute atomic E-state index is 12.0. The van der Waals surface area contributed by atoms with Gasteiger partial charge in [0.05, 0.1) is 11.1 Å². The van der Waals surface area contributed by atoms with Gasteiger partial charge in [0.2, 0.25) is 5.91 Å². The molecule has 0 aliphatic carbocycles. The zero-order valence-electron chi connectivity index (χ0n) is 11.0. The number of rotatable bonds is 3. The Labute approximate surface area is 111 Å². The highest BCUT2D eigenvalue weighted by Gasteiger charge is 2.41. The molecular weight excluding hydrogens is 246 g/mol. The van der Waals surface area contributed by atoms with Crippen LogP contribution in [0.5, 0.6) is 0 Å². The molecule has 0 aromatic carbocycles. The molecule has 1 fully saturated rings. The van der Waals surface area contributed by atoms with E-state index in [1.807, 2.05) is 0 Å². The Kier molecular flexibility index (Phi) is 3.42. The van der Waals surface area contributed by atoms with Gasteiger partial charge in [-0.2, -0.15) is 5.10 Å². The second-order valence-electron chi connectivity index (χ2n) is 5.09. The van der Waals surface area contributed by atoms with E-state index in [9.17, 15) is 9.59 Å². The summed E-state index contributed by atoms with van der Waals surface area (Å²) in [6.07, 6.45) is 5.30. The smallest absolute Gasteiger partial charge is 0.311 e. The Morgan fingerprint density at radius 2 is 2.26 bits per heavy atom. The van der Waals surface area contributed by atoms with Gasteiger partial charge < -0.3 is 10.0 Å². The summed E-state index contributed by atoms with van der Waals surface area (Å²) in [5, 5.41) is 13.1. The third-order valence-electron chi connectivity index (χ3n) is 3.56. The summed E-state index contributed by atoms with van der Waals surface area (Å²) in [6, 6.07) is 1.80. The van der Waals surface area contributed by atoms with E-state index < -0.39 is 11.4 Å². The van der Waals surface area contributed by atoms with Crippen LogP contribution in [-0.4, -0.2) is 44.8 Å². The number of aliphatic carboxylic acids is 1. The zero-order valence-corrected chi connectivity index (χ0v) is 11.0. The molecule has 102 valence electrons. The van der Waals surface area contributed by atoms with E-state index in [-0.39, 0.29) is 12.5 Å². The Bertz CT molecular complexity index is 535. The number of carbonyl (C=O) groups excluding carboxylic acids is 1. The summed E-state index contributed by atoms with van der Waals surface area (Å²) in [7, 11) is 1.79. The van der Waals surface area contributed by atoms with Gasteiger partial charge in [-0.1, -0.05) is 0 Å². The van der Waals surface area contributed by atoms with Crippen LogP contribution in [-0.2, 0) is 16.6 Å². The summed E-state index contributed by atoms with van der Waals surface area (Å²) in [6.45, 7) is 2.42. The first-order chi connectivity index (χ1) is 8.92. The van der Waals surface area contributed by atoms with Gasteiger partial charge in [-0.25, -0.2) is 0 Å². The summed E-state index contributed by atoms with van der Waals surface area (Å²) < 4.78 is 1.66. The van der Waals surface area contributed by atoms with Crippen molar-refractivity contribution in [2.24, 2.45) is 12.5 Å². The molecule has 0 bridgehead atoms. The normalized spacial score (nSPS) is 23.2. The molecule has 1 saturated heterocycles. The number of hydrogen-bond donors (Lipinski definition) is 1. The van der Waals surface area contributed by atoms with E-state index in [0.29, 0.717) is 13.0 Å². The van der Waals surface area contributed by atoms with Crippen molar-refractivity contribution in [3.05, 3.63) is 24.0 Å². The van der Waals surface area contributed by atoms with Gasteiger partial charge in [-0.15, -0.1) is 0 Å². The SMILES string of the molecule is Cn1nccc1/C=C/C(=O)N1CC[C@](C)(C(=O)O)C1. The van der Waals surface area contributed by atoms with Gasteiger partial charge in [0.25, 0.3) is 0 Å². The van der Waals surface area contributed by atoms with Gasteiger partial charge in [0.15, 0.2) is 0 Å². The first-order valence-electron chi connectivity index (χ1n) is 6.11. The molecule has 0 radical (unpaired) electrons. The molecule has 6 heteroatoms. The van der Waals surface area contributed by atoms with Gasteiger partial charge >= 0.3 is 5.97 Å². The van der Waals surface area contributed by atoms with Crippen LogP contribution in [0.15, 0.2) is 18.3 Å². The van der Waals surface area contributed by atoms with Crippen LogP contribution in [0.4, 0.5) is 0 Å². The van der Waals surface area contributed by atoms with Gasteiger partial charge in [0, 0.05) is 32.4 Å². The number of amides is 1. The molecule has 1 aliphatic rings. The van der Waals surface area contributed by atoms with Crippen LogP contribution < -0.4 is 0 Å². The molecule has 1 aromatic heterocycles. The van der Waals surface area contributed by atoms with E-state index in [1.54, 1.807) is 41.9 Å². The molecule has 19 heavy (non-hydrogen) atoms. The predicted molar refractivity (Wildman–Crippen MR) is 69.2 cm³/mol. The first-order valence-corrected chi connectivity index (χ1v) is 6.11. The van der Waals surface area contributed by atoms with Crippen molar-refractivity contribution < 1.29 is 14.7 Å². The van der Waals surface area contributed by atoms with Crippen molar-refractivity contribution in [3.63, 3.8) is 0 Å². The lowest BCUT2D eigenvalue weighted by atomic mass is 9.90. The van der Waals surface area contributed by atoms with Crippen molar-refractivity contribution >= 4 is 18.0 Å². The number of nitrogens with zero attached hydrogens (tertiary/aromatic N) is 3. The van der Waals surface area contributed by atoms with E-state index in [1.165, 1.54) is 6.08 Å². The number of carboxylic acids is 1. The molecule has 6 nitrogen and oxygen atoms in total. The van der Waals surface area contributed by atoms with E-state index in [2.05, 4.69) is 5.10 Å². The van der Waals surface area contributed by atoms with Gasteiger partial charge in [-0.3, -0.25) is 14.3 Å². The lowest BCUT2D eigenvalue weighted by Gasteiger charge is -2.18. The van der Waals surface area contributed by atoms with Crippen molar-refractivity contribution in [1.29, 1.82) is 0 Å². The molecule has 0 unspecified atom stereocenters. The fraction of sp³-hybridized carbons (Fsp3) is 0.462. The Morgan fingerprint density at radius 1 is 1.53 bits per heavy atom. The molecule has 0 spiro atoms. The maximum Gasteiger partial charge on any atom is 0.311 e. The monoisotopic (exact) mass is 263 g/mol. The molecule has 1 amide bonds. The van der Waals surface area contributed by atoms with Crippen molar-refractivity contribution in [1.82, 2.24) is 14.7 Å². The van der Waals surface area contributed by atoms with Crippen LogP contribution in [0, 0.1) is 5.41 Å². The average molecular weight is 263 g/mol. The van der Waals surface area contributed by atoms with Crippen LogP contribution in [0.25, 0.3) is 6.08 Å². The number of aromatic nitrogens is 2.